The molecule has 0 aliphatic heterocycles. The predicted octanol–water partition coefficient (Wildman–Crippen LogP) is 2.50. The van der Waals surface area contributed by atoms with E-state index in [-0.39, 0.29) is 5.91 Å². The van der Waals surface area contributed by atoms with Gasteiger partial charge in [0, 0.05) is 6.92 Å². The zero-order valence-electron chi connectivity index (χ0n) is 11.6. The molecule has 0 bridgehead atoms. The molecule has 1 saturated carbocycles. The molecule has 104 valence electrons. The van der Waals surface area contributed by atoms with Gasteiger partial charge in [-0.3, -0.25) is 4.79 Å². The van der Waals surface area contributed by atoms with Gasteiger partial charge < -0.3 is 15.8 Å². The van der Waals surface area contributed by atoms with Gasteiger partial charge >= 0.3 is 0 Å². The molecule has 1 unspecified atom stereocenters. The molecule has 0 heterocycles. The maximum atomic E-state index is 11.3. The molecule has 0 aromatic heterocycles. The molecule has 1 aromatic rings. The van der Waals surface area contributed by atoms with E-state index in [1.807, 2.05) is 19.1 Å². The van der Waals surface area contributed by atoms with E-state index in [0.29, 0.717) is 30.7 Å². The molecule has 1 atom stereocenters. The first-order valence-corrected chi connectivity index (χ1v) is 6.90. The molecule has 0 saturated heterocycles. The zero-order valence-corrected chi connectivity index (χ0v) is 11.6. The highest BCUT2D eigenvalue weighted by Gasteiger charge is 2.31. The van der Waals surface area contributed by atoms with Gasteiger partial charge in [-0.05, 0) is 55.8 Å². The average molecular weight is 262 g/mol. The van der Waals surface area contributed by atoms with Gasteiger partial charge in [0.15, 0.2) is 0 Å². The second-order valence-electron chi connectivity index (χ2n) is 5.05. The summed E-state index contributed by atoms with van der Waals surface area (Å²) in [5.41, 5.74) is 7.81. The van der Waals surface area contributed by atoms with Crippen molar-refractivity contribution in [3.63, 3.8) is 0 Å². The monoisotopic (exact) mass is 262 g/mol. The predicted molar refractivity (Wildman–Crippen MR) is 76.4 cm³/mol. The summed E-state index contributed by atoms with van der Waals surface area (Å²) in [6.45, 7) is 4.66. The van der Waals surface area contributed by atoms with E-state index in [4.69, 9.17) is 10.5 Å². The lowest BCUT2D eigenvalue weighted by Gasteiger charge is -2.18. The van der Waals surface area contributed by atoms with Gasteiger partial charge in [-0.1, -0.05) is 6.07 Å². The number of nitrogens with one attached hydrogen (secondary N) is 1. The quantitative estimate of drug-likeness (QED) is 0.828. The van der Waals surface area contributed by atoms with Crippen LogP contribution < -0.4 is 15.8 Å². The molecule has 1 amide bonds. The number of amides is 1. The minimum atomic E-state index is -0.0891. The Kier molecular flexibility index (Phi) is 4.43. The molecule has 1 aromatic carbocycles. The highest BCUT2D eigenvalue weighted by atomic mass is 16.5. The normalized spacial score (nSPS) is 15.9. The molecule has 4 heteroatoms. The summed E-state index contributed by atoms with van der Waals surface area (Å²) in [7, 11) is 0. The summed E-state index contributed by atoms with van der Waals surface area (Å²) >= 11 is 0. The smallest absolute Gasteiger partial charge is 0.221 e. The number of ether oxygens (including phenoxy) is 1. The first-order valence-electron chi connectivity index (χ1n) is 6.90. The van der Waals surface area contributed by atoms with Crippen molar-refractivity contribution in [3.8, 4) is 5.75 Å². The Morgan fingerprint density at radius 3 is 2.79 bits per heavy atom. The summed E-state index contributed by atoms with van der Waals surface area (Å²) in [5.74, 6) is 1.72. The van der Waals surface area contributed by atoms with Crippen LogP contribution in [0.4, 0.5) is 5.69 Å². The van der Waals surface area contributed by atoms with Crippen LogP contribution >= 0.6 is 0 Å². The van der Waals surface area contributed by atoms with Crippen LogP contribution in [-0.4, -0.2) is 19.1 Å². The number of carbonyl (C=O) groups is 1. The Bertz CT molecular complexity index is 455. The minimum absolute atomic E-state index is 0.0891. The highest BCUT2D eigenvalue weighted by molar-refractivity contribution is 5.90. The second-order valence-corrected chi connectivity index (χ2v) is 5.05. The van der Waals surface area contributed by atoms with Gasteiger partial charge in [0.2, 0.25) is 5.91 Å². The molecular weight excluding hydrogens is 240 g/mol. The van der Waals surface area contributed by atoms with Crippen LogP contribution in [0, 0.1) is 5.92 Å². The SMILES string of the molecule is CCOc1ccc(C(CN)C2CC2)cc1NC(C)=O. The fourth-order valence-electron chi connectivity index (χ4n) is 2.45. The summed E-state index contributed by atoms with van der Waals surface area (Å²) in [6, 6.07) is 5.99. The third-order valence-electron chi connectivity index (χ3n) is 3.49. The van der Waals surface area contributed by atoms with Gasteiger partial charge in [0.25, 0.3) is 0 Å². The van der Waals surface area contributed by atoms with Crippen molar-refractivity contribution in [3.05, 3.63) is 23.8 Å². The summed E-state index contributed by atoms with van der Waals surface area (Å²) in [5, 5.41) is 2.83. The topological polar surface area (TPSA) is 64.3 Å². The van der Waals surface area contributed by atoms with E-state index in [0.717, 1.165) is 5.69 Å². The molecule has 0 radical (unpaired) electrons. The molecule has 0 spiro atoms. The van der Waals surface area contributed by atoms with E-state index < -0.39 is 0 Å². The standard InChI is InChI=1S/C15H22N2O2/c1-3-19-15-7-6-12(8-14(15)17-10(2)18)13(9-16)11-4-5-11/h6-8,11,13H,3-5,9,16H2,1-2H3,(H,17,18). The van der Waals surface area contributed by atoms with E-state index in [2.05, 4.69) is 11.4 Å². The number of hydrogen-bond acceptors (Lipinski definition) is 3. The number of carbonyl (C=O) groups excluding carboxylic acids is 1. The minimum Gasteiger partial charge on any atom is -0.492 e. The number of nitrogens with two attached hydrogens (primary N) is 1. The van der Waals surface area contributed by atoms with E-state index in [1.54, 1.807) is 0 Å². The van der Waals surface area contributed by atoms with Crippen LogP contribution in [0.3, 0.4) is 0 Å². The Balaban J connectivity index is 2.27. The van der Waals surface area contributed by atoms with E-state index >= 15 is 0 Å². The van der Waals surface area contributed by atoms with Crippen molar-refractivity contribution in [2.75, 3.05) is 18.5 Å². The lowest BCUT2D eigenvalue weighted by molar-refractivity contribution is -0.114. The molecule has 4 nitrogen and oxygen atoms in total. The fraction of sp³-hybridized carbons (Fsp3) is 0.533. The summed E-state index contributed by atoms with van der Waals surface area (Å²) in [4.78, 5) is 11.3. The van der Waals surface area contributed by atoms with Crippen molar-refractivity contribution >= 4 is 11.6 Å². The van der Waals surface area contributed by atoms with Crippen molar-refractivity contribution in [2.24, 2.45) is 11.7 Å². The molecule has 1 aliphatic rings. The lowest BCUT2D eigenvalue weighted by atomic mass is 9.94. The molecule has 1 aliphatic carbocycles. The Hall–Kier alpha value is -1.55. The third kappa shape index (κ3) is 3.47. The lowest BCUT2D eigenvalue weighted by Crippen LogP contribution is -2.15. The van der Waals surface area contributed by atoms with Crippen LogP contribution in [0.5, 0.6) is 5.75 Å². The van der Waals surface area contributed by atoms with Gasteiger partial charge in [-0.15, -0.1) is 0 Å². The van der Waals surface area contributed by atoms with Gasteiger partial charge in [0.1, 0.15) is 5.75 Å². The summed E-state index contributed by atoms with van der Waals surface area (Å²) < 4.78 is 5.54. The Labute approximate surface area is 114 Å². The fourth-order valence-corrected chi connectivity index (χ4v) is 2.45. The Morgan fingerprint density at radius 1 is 1.53 bits per heavy atom. The molecular formula is C15H22N2O2. The number of rotatable bonds is 6. The number of hydrogen-bond donors (Lipinski definition) is 2. The Morgan fingerprint density at radius 2 is 2.26 bits per heavy atom. The number of anilines is 1. The molecule has 19 heavy (non-hydrogen) atoms. The first-order chi connectivity index (χ1) is 9.15. The van der Waals surface area contributed by atoms with Crippen LogP contribution in [0.1, 0.15) is 38.2 Å². The second kappa shape index (κ2) is 6.06. The molecule has 3 N–H and O–H groups in total. The maximum Gasteiger partial charge on any atom is 0.221 e. The average Bonchev–Trinajstić information content (AvgIpc) is 3.17. The molecule has 2 rings (SSSR count). The largest absolute Gasteiger partial charge is 0.492 e. The zero-order chi connectivity index (χ0) is 13.8. The van der Waals surface area contributed by atoms with E-state index in [1.165, 1.54) is 25.3 Å². The van der Waals surface area contributed by atoms with Crippen molar-refractivity contribution in [1.29, 1.82) is 0 Å². The third-order valence-corrected chi connectivity index (χ3v) is 3.49. The maximum absolute atomic E-state index is 11.3. The first kappa shape index (κ1) is 13.9. The van der Waals surface area contributed by atoms with Crippen molar-refractivity contribution in [2.45, 2.75) is 32.6 Å². The van der Waals surface area contributed by atoms with Crippen LogP contribution in [0.2, 0.25) is 0 Å². The highest BCUT2D eigenvalue weighted by Crippen LogP contribution is 2.43. The van der Waals surface area contributed by atoms with Crippen LogP contribution in [0.25, 0.3) is 0 Å². The van der Waals surface area contributed by atoms with Gasteiger partial charge in [-0.25, -0.2) is 0 Å². The number of benzene rings is 1. The van der Waals surface area contributed by atoms with Crippen LogP contribution in [-0.2, 0) is 4.79 Å². The molecule has 1 fully saturated rings. The summed E-state index contributed by atoms with van der Waals surface area (Å²) in [6.07, 6.45) is 2.51. The van der Waals surface area contributed by atoms with Gasteiger partial charge in [-0.2, -0.15) is 0 Å². The van der Waals surface area contributed by atoms with E-state index in [9.17, 15) is 4.79 Å². The van der Waals surface area contributed by atoms with Crippen molar-refractivity contribution < 1.29 is 9.53 Å². The van der Waals surface area contributed by atoms with Gasteiger partial charge in [0.05, 0.1) is 12.3 Å². The van der Waals surface area contributed by atoms with Crippen molar-refractivity contribution in [1.82, 2.24) is 0 Å². The van der Waals surface area contributed by atoms with Crippen LogP contribution in [0.15, 0.2) is 18.2 Å².